The normalized spacial score (nSPS) is 13.6. The van der Waals surface area contributed by atoms with Crippen molar-refractivity contribution in [3.05, 3.63) is 65.8 Å². The molecule has 0 heterocycles. The van der Waals surface area contributed by atoms with Crippen LogP contribution in [0.4, 0.5) is 0 Å². The average Bonchev–Trinajstić information content (AvgIpc) is 2.64. The van der Waals surface area contributed by atoms with Crippen molar-refractivity contribution in [3.8, 4) is 11.5 Å². The van der Waals surface area contributed by atoms with Crippen LogP contribution in [0.3, 0.4) is 0 Å². The summed E-state index contributed by atoms with van der Waals surface area (Å²) in [6, 6.07) is 3.89. The lowest BCUT2D eigenvalue weighted by Gasteiger charge is -2.16. The molecule has 0 fully saturated rings. The zero-order valence-corrected chi connectivity index (χ0v) is 16.1. The summed E-state index contributed by atoms with van der Waals surface area (Å²) in [4.78, 5) is 13.3. The molecule has 0 atom stereocenters. The Morgan fingerprint density at radius 3 is 2.62 bits per heavy atom. The van der Waals surface area contributed by atoms with Crippen molar-refractivity contribution >= 4 is 28.9 Å². The molecule has 0 spiro atoms. The molecule has 0 bridgehead atoms. The van der Waals surface area contributed by atoms with E-state index in [1.54, 1.807) is 24.3 Å². The van der Waals surface area contributed by atoms with Crippen LogP contribution in [0.15, 0.2) is 54.7 Å². The van der Waals surface area contributed by atoms with E-state index in [-0.39, 0.29) is 5.78 Å². The number of benzene rings is 1. The molecule has 0 saturated carbocycles. The summed E-state index contributed by atoms with van der Waals surface area (Å²) in [6.07, 6.45) is 11.9. The first kappa shape index (κ1) is 19.9. The van der Waals surface area contributed by atoms with Gasteiger partial charge in [0.05, 0.1) is 18.8 Å². The van der Waals surface area contributed by atoms with Crippen LogP contribution in [-0.2, 0) is 11.2 Å². The van der Waals surface area contributed by atoms with Crippen LogP contribution in [0.5, 0.6) is 11.5 Å². The minimum absolute atomic E-state index is 0.0669. The molecule has 26 heavy (non-hydrogen) atoms. The summed E-state index contributed by atoms with van der Waals surface area (Å²) in [5.41, 5.74) is 2.44. The van der Waals surface area contributed by atoms with Gasteiger partial charge in [-0.05, 0) is 50.1 Å². The molecule has 136 valence electrons. The third-order valence-electron chi connectivity index (χ3n) is 3.85. The largest absolute Gasteiger partial charge is 0.493 e. The fraction of sp³-hybridized carbons (Fsp3) is 0.273. The number of allylic oxidation sites excluding steroid dienone is 6. The van der Waals surface area contributed by atoms with Crippen molar-refractivity contribution in [1.82, 2.24) is 0 Å². The van der Waals surface area contributed by atoms with E-state index >= 15 is 0 Å². The quantitative estimate of drug-likeness (QED) is 0.347. The smallest absolute Gasteiger partial charge is 0.185 e. The molecule has 0 radical (unpaired) electrons. The van der Waals surface area contributed by atoms with Crippen molar-refractivity contribution in [2.75, 3.05) is 13.2 Å². The zero-order chi connectivity index (χ0) is 18.9. The molecule has 1 aromatic rings. The van der Waals surface area contributed by atoms with Gasteiger partial charge in [-0.2, -0.15) is 0 Å². The van der Waals surface area contributed by atoms with Gasteiger partial charge < -0.3 is 9.47 Å². The summed E-state index contributed by atoms with van der Waals surface area (Å²) in [7, 11) is 0. The predicted molar refractivity (Wildman–Crippen MR) is 111 cm³/mol. The molecular weight excluding hydrogens is 344 g/mol. The van der Waals surface area contributed by atoms with Gasteiger partial charge in [-0.15, -0.1) is 6.58 Å². The van der Waals surface area contributed by atoms with Gasteiger partial charge >= 0.3 is 0 Å². The van der Waals surface area contributed by atoms with Crippen molar-refractivity contribution in [1.29, 1.82) is 0 Å². The molecule has 4 heteroatoms. The third kappa shape index (κ3) is 5.02. The second kappa shape index (κ2) is 9.88. The summed E-state index contributed by atoms with van der Waals surface area (Å²) in [5, 5.41) is 0. The highest BCUT2D eigenvalue weighted by Gasteiger charge is 2.14. The Labute approximate surface area is 160 Å². The Balaban J connectivity index is 2.39. The first-order valence-electron chi connectivity index (χ1n) is 8.76. The van der Waals surface area contributed by atoms with E-state index < -0.39 is 0 Å². The Bertz CT molecular complexity index is 785. The van der Waals surface area contributed by atoms with E-state index in [9.17, 15) is 4.79 Å². The van der Waals surface area contributed by atoms with E-state index in [1.165, 1.54) is 0 Å². The van der Waals surface area contributed by atoms with Crippen LogP contribution in [0.1, 0.15) is 31.4 Å². The van der Waals surface area contributed by atoms with Gasteiger partial charge in [0.15, 0.2) is 5.78 Å². The Hall–Kier alpha value is -2.46. The third-order valence-corrected chi connectivity index (χ3v) is 4.15. The van der Waals surface area contributed by atoms with E-state index in [1.807, 2.05) is 38.1 Å². The number of hydrogen-bond donors (Lipinski definition) is 0. The van der Waals surface area contributed by atoms with Gasteiger partial charge in [0.1, 0.15) is 11.5 Å². The zero-order valence-electron chi connectivity index (χ0n) is 15.3. The lowest BCUT2D eigenvalue weighted by Crippen LogP contribution is -2.04. The molecule has 1 aliphatic rings. The van der Waals surface area contributed by atoms with Crippen LogP contribution in [-0.4, -0.2) is 23.9 Å². The van der Waals surface area contributed by atoms with E-state index in [2.05, 4.69) is 6.58 Å². The van der Waals surface area contributed by atoms with Crippen molar-refractivity contribution < 1.29 is 14.3 Å². The second-order valence-electron chi connectivity index (χ2n) is 5.69. The number of ether oxygens (including phenoxy) is 2. The van der Waals surface area contributed by atoms with Gasteiger partial charge in [-0.25, -0.2) is 0 Å². The second-order valence-corrected chi connectivity index (χ2v) is 6.21. The van der Waals surface area contributed by atoms with Crippen molar-refractivity contribution in [2.24, 2.45) is 0 Å². The van der Waals surface area contributed by atoms with Crippen molar-refractivity contribution in [2.45, 2.75) is 26.7 Å². The van der Waals surface area contributed by atoms with Gasteiger partial charge in [0.25, 0.3) is 0 Å². The van der Waals surface area contributed by atoms with E-state index in [4.69, 9.17) is 21.7 Å². The van der Waals surface area contributed by atoms with E-state index in [0.717, 1.165) is 21.7 Å². The molecule has 0 N–H and O–H groups in total. The monoisotopic (exact) mass is 368 g/mol. The highest BCUT2D eigenvalue weighted by molar-refractivity contribution is 7.80. The Kier molecular flexibility index (Phi) is 7.54. The molecule has 0 amide bonds. The highest BCUT2D eigenvalue weighted by Crippen LogP contribution is 2.34. The number of rotatable bonds is 9. The van der Waals surface area contributed by atoms with E-state index in [0.29, 0.717) is 37.4 Å². The lowest BCUT2D eigenvalue weighted by molar-refractivity contribution is -0.111. The number of carbonyl (C=O) groups excluding carboxylic acids is 1. The van der Waals surface area contributed by atoms with Crippen LogP contribution in [0.2, 0.25) is 0 Å². The SMILES string of the molecule is C=CCc1ccc(OCC)c(C=CC(=O)C2=CCC(=S)C=C2)c1OCC. The first-order valence-corrected chi connectivity index (χ1v) is 9.17. The van der Waals surface area contributed by atoms with Crippen LogP contribution in [0, 0.1) is 0 Å². The van der Waals surface area contributed by atoms with Gasteiger partial charge in [0.2, 0.25) is 0 Å². The molecule has 0 aromatic heterocycles. The molecule has 3 nitrogen and oxygen atoms in total. The maximum Gasteiger partial charge on any atom is 0.185 e. The highest BCUT2D eigenvalue weighted by atomic mass is 32.1. The van der Waals surface area contributed by atoms with Crippen molar-refractivity contribution in [3.63, 3.8) is 0 Å². The summed E-state index contributed by atoms with van der Waals surface area (Å²) >= 11 is 5.12. The topological polar surface area (TPSA) is 35.5 Å². The molecule has 1 aliphatic carbocycles. The minimum atomic E-state index is -0.0669. The maximum absolute atomic E-state index is 12.5. The van der Waals surface area contributed by atoms with Gasteiger partial charge in [0, 0.05) is 16.9 Å². The van der Waals surface area contributed by atoms with Crippen LogP contribution >= 0.6 is 12.2 Å². The molecule has 0 unspecified atom stereocenters. The minimum Gasteiger partial charge on any atom is -0.493 e. The summed E-state index contributed by atoms with van der Waals surface area (Å²) < 4.78 is 11.6. The fourth-order valence-corrected chi connectivity index (χ4v) is 2.82. The molecular formula is C22H24O3S. The van der Waals surface area contributed by atoms with Gasteiger partial charge in [-0.3, -0.25) is 4.79 Å². The van der Waals surface area contributed by atoms with Crippen LogP contribution in [0.25, 0.3) is 6.08 Å². The standard InChI is InChI=1S/C22H24O3S/c1-4-7-17-10-15-21(24-5-2)19(22(17)25-6-3)13-14-20(23)16-8-11-18(26)12-9-16/h4,8-11,13-15H,1,5-7,12H2,2-3H3. The average molecular weight is 368 g/mol. The predicted octanol–water partition coefficient (Wildman–Crippen LogP) is 5.05. The number of hydrogen-bond acceptors (Lipinski definition) is 4. The Morgan fingerprint density at radius 2 is 2.00 bits per heavy atom. The fourth-order valence-electron chi connectivity index (χ4n) is 2.66. The molecule has 0 saturated heterocycles. The summed E-state index contributed by atoms with van der Waals surface area (Å²) in [6.45, 7) is 8.73. The molecule has 1 aromatic carbocycles. The number of ketones is 1. The lowest BCUT2D eigenvalue weighted by atomic mass is 10.0. The van der Waals surface area contributed by atoms with Gasteiger partial charge in [-0.1, -0.05) is 36.5 Å². The van der Waals surface area contributed by atoms with Crippen LogP contribution < -0.4 is 9.47 Å². The molecule has 2 rings (SSSR count). The first-order chi connectivity index (χ1) is 12.6. The number of thiocarbonyl (C=S) groups is 1. The maximum atomic E-state index is 12.5. The Morgan fingerprint density at radius 1 is 1.23 bits per heavy atom. The number of carbonyl (C=O) groups is 1. The summed E-state index contributed by atoms with van der Waals surface area (Å²) in [5.74, 6) is 1.36. The molecule has 0 aliphatic heterocycles.